The predicted octanol–water partition coefficient (Wildman–Crippen LogP) is 1.80. The maximum atomic E-state index is 12.1. The predicted molar refractivity (Wildman–Crippen MR) is 85.7 cm³/mol. The summed E-state index contributed by atoms with van der Waals surface area (Å²) in [6, 6.07) is 6.94. The highest BCUT2D eigenvalue weighted by Crippen LogP contribution is 2.20. The summed E-state index contributed by atoms with van der Waals surface area (Å²) in [5.74, 6) is 0.647. The molecule has 1 rings (SSSR count). The van der Waals surface area contributed by atoms with Crippen LogP contribution < -0.4 is 15.2 Å². The largest absolute Gasteiger partial charge is 0.491 e. The van der Waals surface area contributed by atoms with E-state index in [4.69, 9.17) is 10.5 Å². The van der Waals surface area contributed by atoms with Crippen LogP contribution in [0.3, 0.4) is 0 Å². The highest BCUT2D eigenvalue weighted by atomic mass is 32.2. The molecule has 0 radical (unpaired) electrons. The van der Waals surface area contributed by atoms with E-state index in [1.165, 1.54) is 11.4 Å². The molecule has 0 saturated heterocycles. The Morgan fingerprint density at radius 3 is 2.76 bits per heavy atom. The summed E-state index contributed by atoms with van der Waals surface area (Å²) in [6.45, 7) is 4.84. The van der Waals surface area contributed by atoms with Gasteiger partial charge in [-0.25, -0.2) is 0 Å². The molecule has 0 fully saturated rings. The van der Waals surface area contributed by atoms with Gasteiger partial charge in [-0.3, -0.25) is 4.72 Å². The van der Waals surface area contributed by atoms with Gasteiger partial charge in [-0.15, -0.1) is 0 Å². The van der Waals surface area contributed by atoms with Gasteiger partial charge in [0.05, 0.1) is 11.8 Å². The number of nitrogens with zero attached hydrogens (tertiary/aromatic N) is 1. The first-order valence-electron chi connectivity index (χ1n) is 7.10. The zero-order chi connectivity index (χ0) is 15.9. The van der Waals surface area contributed by atoms with E-state index < -0.39 is 10.2 Å². The molecule has 0 spiro atoms. The average molecular weight is 315 g/mol. The van der Waals surface area contributed by atoms with Gasteiger partial charge in [0.2, 0.25) is 0 Å². The molecule has 21 heavy (non-hydrogen) atoms. The Kier molecular flexibility index (Phi) is 6.94. The lowest BCUT2D eigenvalue weighted by atomic mass is 10.3. The van der Waals surface area contributed by atoms with Crippen molar-refractivity contribution in [2.75, 3.05) is 24.9 Å². The van der Waals surface area contributed by atoms with Gasteiger partial charge in [0.1, 0.15) is 5.75 Å². The van der Waals surface area contributed by atoms with Gasteiger partial charge >= 0.3 is 10.2 Å². The summed E-state index contributed by atoms with van der Waals surface area (Å²) in [7, 11) is -2.04. The summed E-state index contributed by atoms with van der Waals surface area (Å²) in [4.78, 5) is 0. The van der Waals surface area contributed by atoms with E-state index >= 15 is 0 Å². The SMILES string of the molecule is CCC(C)Oc1cccc(NS(=O)(=O)N(C)CCCN)c1. The Morgan fingerprint density at radius 1 is 1.43 bits per heavy atom. The van der Waals surface area contributed by atoms with E-state index in [2.05, 4.69) is 4.72 Å². The van der Waals surface area contributed by atoms with E-state index in [9.17, 15) is 8.42 Å². The van der Waals surface area contributed by atoms with Crippen LogP contribution in [0.2, 0.25) is 0 Å². The second-order valence-corrected chi connectivity index (χ2v) is 6.71. The highest BCUT2D eigenvalue weighted by Gasteiger charge is 2.17. The lowest BCUT2D eigenvalue weighted by Crippen LogP contribution is -2.34. The molecule has 0 aliphatic carbocycles. The van der Waals surface area contributed by atoms with E-state index in [0.717, 1.165) is 6.42 Å². The molecule has 120 valence electrons. The van der Waals surface area contributed by atoms with E-state index in [-0.39, 0.29) is 6.10 Å². The third-order valence-electron chi connectivity index (χ3n) is 3.08. The molecule has 1 atom stereocenters. The van der Waals surface area contributed by atoms with Gasteiger partial charge in [0.15, 0.2) is 0 Å². The molecule has 0 aliphatic rings. The molecule has 0 heterocycles. The van der Waals surface area contributed by atoms with Crippen LogP contribution in [0.4, 0.5) is 5.69 Å². The number of anilines is 1. The van der Waals surface area contributed by atoms with Crippen LogP contribution in [0, 0.1) is 0 Å². The first-order valence-corrected chi connectivity index (χ1v) is 8.54. The monoisotopic (exact) mass is 315 g/mol. The van der Waals surface area contributed by atoms with Crippen molar-refractivity contribution in [1.29, 1.82) is 0 Å². The molecule has 1 unspecified atom stereocenters. The van der Waals surface area contributed by atoms with Crippen LogP contribution in [-0.4, -0.2) is 39.0 Å². The van der Waals surface area contributed by atoms with Gasteiger partial charge in [0, 0.05) is 19.7 Å². The zero-order valence-corrected chi connectivity index (χ0v) is 13.7. The van der Waals surface area contributed by atoms with Crippen LogP contribution in [0.25, 0.3) is 0 Å². The number of hydrogen-bond donors (Lipinski definition) is 2. The summed E-state index contributed by atoms with van der Waals surface area (Å²) < 4.78 is 33.7. The molecule has 0 aromatic heterocycles. The fourth-order valence-electron chi connectivity index (χ4n) is 1.61. The molecule has 0 amide bonds. The smallest absolute Gasteiger partial charge is 0.301 e. The van der Waals surface area contributed by atoms with Crippen molar-refractivity contribution in [2.24, 2.45) is 5.73 Å². The maximum Gasteiger partial charge on any atom is 0.301 e. The van der Waals surface area contributed by atoms with Crippen LogP contribution in [0.5, 0.6) is 5.75 Å². The third kappa shape index (κ3) is 5.91. The Balaban J connectivity index is 2.75. The van der Waals surface area contributed by atoms with Gasteiger partial charge < -0.3 is 10.5 Å². The topological polar surface area (TPSA) is 84.7 Å². The Labute approximate surface area is 127 Å². The van der Waals surface area contributed by atoms with Crippen molar-refractivity contribution in [3.8, 4) is 5.75 Å². The van der Waals surface area contributed by atoms with Crippen molar-refractivity contribution in [3.63, 3.8) is 0 Å². The first-order chi connectivity index (χ1) is 9.89. The number of nitrogens with one attached hydrogen (secondary N) is 1. The summed E-state index contributed by atoms with van der Waals surface area (Å²) in [6.07, 6.45) is 1.59. The molecular formula is C14H25N3O3S. The number of benzene rings is 1. The lowest BCUT2D eigenvalue weighted by Gasteiger charge is -2.19. The minimum Gasteiger partial charge on any atom is -0.491 e. The quantitative estimate of drug-likeness (QED) is 0.728. The van der Waals surface area contributed by atoms with Crippen molar-refractivity contribution in [2.45, 2.75) is 32.8 Å². The molecule has 3 N–H and O–H groups in total. The van der Waals surface area contributed by atoms with Crippen molar-refractivity contribution >= 4 is 15.9 Å². The van der Waals surface area contributed by atoms with Gasteiger partial charge in [-0.2, -0.15) is 12.7 Å². The van der Waals surface area contributed by atoms with Crippen LogP contribution >= 0.6 is 0 Å². The summed E-state index contributed by atoms with van der Waals surface area (Å²) in [5, 5.41) is 0. The van der Waals surface area contributed by atoms with E-state index in [1.54, 1.807) is 18.2 Å². The number of hydrogen-bond acceptors (Lipinski definition) is 4. The normalized spacial score (nSPS) is 13.2. The van der Waals surface area contributed by atoms with Crippen LogP contribution in [0.1, 0.15) is 26.7 Å². The van der Waals surface area contributed by atoms with E-state index in [0.29, 0.717) is 30.9 Å². The van der Waals surface area contributed by atoms with Crippen molar-refractivity contribution < 1.29 is 13.2 Å². The molecule has 0 aliphatic heterocycles. The standard InChI is InChI=1S/C14H25N3O3S/c1-4-12(2)20-14-8-5-7-13(11-14)16-21(18,19)17(3)10-6-9-15/h5,7-8,11-12,16H,4,6,9-10,15H2,1-3H3. The fourth-order valence-corrected chi connectivity index (χ4v) is 2.56. The molecule has 7 heteroatoms. The second kappa shape index (κ2) is 8.21. The number of rotatable bonds is 9. The van der Waals surface area contributed by atoms with Crippen LogP contribution in [-0.2, 0) is 10.2 Å². The Morgan fingerprint density at radius 2 is 2.14 bits per heavy atom. The molecule has 1 aromatic rings. The fraction of sp³-hybridized carbons (Fsp3) is 0.571. The average Bonchev–Trinajstić information content (AvgIpc) is 2.44. The van der Waals surface area contributed by atoms with Crippen LogP contribution in [0.15, 0.2) is 24.3 Å². The first kappa shape index (κ1) is 17.7. The molecule has 1 aromatic carbocycles. The maximum absolute atomic E-state index is 12.1. The lowest BCUT2D eigenvalue weighted by molar-refractivity contribution is 0.217. The van der Waals surface area contributed by atoms with Crippen molar-refractivity contribution in [3.05, 3.63) is 24.3 Å². The highest BCUT2D eigenvalue weighted by molar-refractivity contribution is 7.90. The van der Waals surface area contributed by atoms with Gasteiger partial charge in [-0.05, 0) is 38.4 Å². The molecule has 6 nitrogen and oxygen atoms in total. The number of ether oxygens (including phenoxy) is 1. The minimum atomic E-state index is -3.56. The van der Waals surface area contributed by atoms with Gasteiger partial charge in [0.25, 0.3) is 0 Å². The minimum absolute atomic E-state index is 0.0871. The van der Waals surface area contributed by atoms with Crippen molar-refractivity contribution in [1.82, 2.24) is 4.31 Å². The molecular weight excluding hydrogens is 290 g/mol. The number of nitrogens with two attached hydrogens (primary N) is 1. The molecule has 0 saturated carbocycles. The third-order valence-corrected chi connectivity index (χ3v) is 4.58. The second-order valence-electron chi connectivity index (χ2n) is 4.94. The Hall–Kier alpha value is -1.31. The van der Waals surface area contributed by atoms with E-state index in [1.807, 2.05) is 19.9 Å². The zero-order valence-electron chi connectivity index (χ0n) is 12.9. The summed E-state index contributed by atoms with van der Waals surface area (Å²) in [5.41, 5.74) is 5.88. The molecule has 0 bridgehead atoms. The summed E-state index contributed by atoms with van der Waals surface area (Å²) >= 11 is 0. The van der Waals surface area contributed by atoms with Gasteiger partial charge in [-0.1, -0.05) is 13.0 Å². The Bertz CT molecular complexity index is 534.